The molecule has 0 unspecified atom stereocenters. The van der Waals surface area contributed by atoms with Crippen LogP contribution in [0.3, 0.4) is 0 Å². The Kier molecular flexibility index (Phi) is 5.25. The van der Waals surface area contributed by atoms with Gasteiger partial charge in [0, 0.05) is 0 Å². The second-order valence-corrected chi connectivity index (χ2v) is 2.95. The van der Waals surface area contributed by atoms with Gasteiger partial charge in [-0.3, -0.25) is 9.11 Å². The van der Waals surface area contributed by atoms with Crippen molar-refractivity contribution in [3.05, 3.63) is 0 Å². The van der Waals surface area contributed by atoms with Gasteiger partial charge in [0.05, 0.1) is 0 Å². The maximum absolute atomic E-state index is 8.74. The summed E-state index contributed by atoms with van der Waals surface area (Å²) in [5, 5.41) is 0. The van der Waals surface area contributed by atoms with Crippen LogP contribution in [0.5, 0.6) is 0 Å². The summed E-state index contributed by atoms with van der Waals surface area (Å²) < 4.78 is 31.6. The van der Waals surface area contributed by atoms with Gasteiger partial charge in [-0.2, -0.15) is 8.42 Å². The minimum Gasteiger partial charge on any atom is -0.315 e. The maximum atomic E-state index is 8.74. The topological polar surface area (TPSA) is 156 Å². The third kappa shape index (κ3) is 21200. The Bertz CT molecular complexity index is 144. The van der Waals surface area contributed by atoms with Crippen molar-refractivity contribution in [1.29, 1.82) is 0 Å². The molecule has 0 aromatic carbocycles. The fourth-order valence-electron chi connectivity index (χ4n) is 0. The molecule has 8 nitrogen and oxygen atoms in total. The zero-order valence-corrected chi connectivity index (χ0v) is 6.07. The number of rotatable bonds is 0. The summed E-state index contributed by atoms with van der Waals surface area (Å²) in [7, 11) is -9.06. The first kappa shape index (κ1) is 12.8. The SMILES string of the molecule is O=S(=O)(O)O.O[P](O)(O)O. The van der Waals surface area contributed by atoms with Gasteiger partial charge in [0.1, 0.15) is 0 Å². The van der Waals surface area contributed by atoms with Crippen LogP contribution in [0.1, 0.15) is 0 Å². The smallest absolute Gasteiger partial charge is 0.315 e. The Labute approximate surface area is 56.6 Å². The van der Waals surface area contributed by atoms with Gasteiger partial charge in [-0.25, -0.2) is 0 Å². The van der Waals surface area contributed by atoms with E-state index in [0.717, 1.165) is 0 Å². The van der Waals surface area contributed by atoms with Gasteiger partial charge in [-0.15, -0.1) is 0 Å². The normalized spacial score (nSPS) is 11.8. The minimum absolute atomic E-state index is 4.39. The lowest BCUT2D eigenvalue weighted by Crippen LogP contribution is -1.89. The van der Waals surface area contributed by atoms with Crippen LogP contribution in [-0.4, -0.2) is 37.1 Å². The molecule has 0 rings (SSSR count). The second-order valence-electron chi connectivity index (χ2n) is 0.984. The molecule has 0 amide bonds. The molecule has 0 bridgehead atoms. The molecule has 6 N–H and O–H groups in total. The summed E-state index contributed by atoms with van der Waals surface area (Å²) in [6.07, 6.45) is 0. The van der Waals surface area contributed by atoms with Gasteiger partial charge >= 0.3 is 18.6 Å². The van der Waals surface area contributed by atoms with E-state index in [2.05, 4.69) is 0 Å². The Morgan fingerprint density at radius 2 is 0.900 bits per heavy atom. The molecule has 0 aromatic rings. The molecule has 65 valence electrons. The van der Waals surface area contributed by atoms with Gasteiger partial charge in [0.2, 0.25) is 0 Å². The van der Waals surface area contributed by atoms with E-state index in [0.29, 0.717) is 0 Å². The van der Waals surface area contributed by atoms with Crippen LogP contribution < -0.4 is 0 Å². The van der Waals surface area contributed by atoms with Crippen molar-refractivity contribution in [2.24, 2.45) is 0 Å². The third-order valence-electron chi connectivity index (χ3n) is 0. The fourth-order valence-corrected chi connectivity index (χ4v) is 0. The van der Waals surface area contributed by atoms with Crippen molar-refractivity contribution in [3.8, 4) is 0 Å². The van der Waals surface area contributed by atoms with Crippen molar-refractivity contribution in [3.63, 3.8) is 0 Å². The molecule has 0 heterocycles. The lowest BCUT2D eigenvalue weighted by molar-refractivity contribution is 0.229. The van der Waals surface area contributed by atoms with E-state index in [1.54, 1.807) is 0 Å². The predicted octanol–water partition coefficient (Wildman–Crippen LogP) is -2.02. The Hall–Kier alpha value is 0.140. The van der Waals surface area contributed by atoms with Crippen molar-refractivity contribution in [2.45, 2.75) is 0 Å². The molecule has 0 saturated carbocycles. The van der Waals surface area contributed by atoms with Crippen molar-refractivity contribution < 1.29 is 37.1 Å². The van der Waals surface area contributed by atoms with Crippen LogP contribution in [0.4, 0.5) is 0 Å². The maximum Gasteiger partial charge on any atom is 0.394 e. The average molecular weight is 197 g/mol. The summed E-state index contributed by atoms with van der Waals surface area (Å²) >= 11 is 0. The lowest BCUT2D eigenvalue weighted by atomic mass is 15.7. The Morgan fingerprint density at radius 3 is 0.900 bits per heavy atom. The Balaban J connectivity index is 0. The van der Waals surface area contributed by atoms with Crippen molar-refractivity contribution in [2.75, 3.05) is 0 Å². The Morgan fingerprint density at radius 1 is 0.900 bits per heavy atom. The van der Waals surface area contributed by atoms with Crippen LogP contribution in [0, 0.1) is 0 Å². The molecule has 0 fully saturated rings. The molecule has 1 radical (unpaired) electrons. The van der Waals surface area contributed by atoms with Gasteiger partial charge < -0.3 is 19.6 Å². The third-order valence-corrected chi connectivity index (χ3v) is 0. The summed E-state index contributed by atoms with van der Waals surface area (Å²) in [6, 6.07) is 0. The van der Waals surface area contributed by atoms with E-state index in [-0.39, 0.29) is 0 Å². The highest BCUT2D eigenvalue weighted by Crippen LogP contribution is 2.37. The first-order valence-electron chi connectivity index (χ1n) is 1.50. The minimum atomic E-state index is -4.67. The monoisotopic (exact) mass is 197 g/mol. The van der Waals surface area contributed by atoms with Gasteiger partial charge in [0.25, 0.3) is 0 Å². The van der Waals surface area contributed by atoms with Gasteiger partial charge in [0.15, 0.2) is 0 Å². The molecule has 0 atom stereocenters. The summed E-state index contributed by atoms with van der Waals surface area (Å²) in [6.45, 7) is 0. The fraction of sp³-hybridized carbons (Fsp3) is 0. The van der Waals surface area contributed by atoms with E-state index in [9.17, 15) is 0 Å². The molecule has 0 saturated heterocycles. The highest BCUT2D eigenvalue weighted by atomic mass is 32.3. The van der Waals surface area contributed by atoms with E-state index >= 15 is 0 Å². The second kappa shape index (κ2) is 4.11. The zero-order chi connectivity index (χ0) is 9.00. The van der Waals surface area contributed by atoms with Crippen molar-refractivity contribution >= 4 is 18.6 Å². The van der Waals surface area contributed by atoms with Crippen LogP contribution >= 0.6 is 8.17 Å². The molecule has 0 spiro atoms. The molecular weight excluding hydrogens is 191 g/mol. The molecular formula is H6O8PS. The van der Waals surface area contributed by atoms with Crippen molar-refractivity contribution in [1.82, 2.24) is 0 Å². The molecule has 10 heavy (non-hydrogen) atoms. The molecule has 0 aliphatic heterocycles. The van der Waals surface area contributed by atoms with E-state index in [1.807, 2.05) is 0 Å². The molecule has 0 aliphatic rings. The zero-order valence-electron chi connectivity index (χ0n) is 4.36. The van der Waals surface area contributed by atoms with Crippen LogP contribution in [0.25, 0.3) is 0 Å². The highest BCUT2D eigenvalue weighted by molar-refractivity contribution is 7.79. The standard InChI is InChI=1S/H4O4P.H2O4S/c2*1-5(2,3)4/h1-4H;(H2,1,2,3,4). The van der Waals surface area contributed by atoms with Crippen LogP contribution in [0.2, 0.25) is 0 Å². The lowest BCUT2D eigenvalue weighted by Gasteiger charge is -2.00. The van der Waals surface area contributed by atoms with E-state index in [1.165, 1.54) is 0 Å². The van der Waals surface area contributed by atoms with Gasteiger partial charge in [-0.05, 0) is 0 Å². The first-order chi connectivity index (χ1) is 4.00. The summed E-state index contributed by atoms with van der Waals surface area (Å²) in [5.74, 6) is 0. The molecule has 0 aromatic heterocycles. The van der Waals surface area contributed by atoms with Crippen LogP contribution in [0.15, 0.2) is 0 Å². The van der Waals surface area contributed by atoms with Crippen LogP contribution in [-0.2, 0) is 10.4 Å². The summed E-state index contributed by atoms with van der Waals surface area (Å²) in [4.78, 5) is 29.2. The number of hydrogen-bond acceptors (Lipinski definition) is 6. The van der Waals surface area contributed by atoms with E-state index < -0.39 is 18.6 Å². The first-order valence-corrected chi connectivity index (χ1v) is 4.50. The largest absolute Gasteiger partial charge is 0.394 e. The highest BCUT2D eigenvalue weighted by Gasteiger charge is 2.06. The molecule has 10 heteroatoms. The predicted molar refractivity (Wildman–Crippen MR) is 30.0 cm³/mol. The number of hydrogen-bond donors (Lipinski definition) is 6. The average Bonchev–Trinajstić information content (AvgIpc) is 1.12. The summed E-state index contributed by atoms with van der Waals surface area (Å²) in [5.41, 5.74) is 0. The van der Waals surface area contributed by atoms with Gasteiger partial charge in [-0.1, -0.05) is 0 Å². The molecule has 0 aliphatic carbocycles. The van der Waals surface area contributed by atoms with E-state index in [4.69, 9.17) is 37.1 Å². The quantitative estimate of drug-likeness (QED) is 0.192.